The summed E-state index contributed by atoms with van der Waals surface area (Å²) in [6.07, 6.45) is 3.91. The predicted molar refractivity (Wildman–Crippen MR) is 92.4 cm³/mol. The number of nitrogens with zero attached hydrogens (tertiary/aromatic N) is 1. The smallest absolute Gasteiger partial charge is 0.219 e. The van der Waals surface area contributed by atoms with Crippen molar-refractivity contribution in [3.8, 4) is 5.75 Å². The maximum atomic E-state index is 11.1. The molecule has 0 spiro atoms. The third-order valence-corrected chi connectivity index (χ3v) is 3.31. The Bertz CT molecular complexity index is 500. The number of hydrogen-bond acceptors (Lipinski definition) is 5. The molecule has 0 atom stereocenters. The van der Waals surface area contributed by atoms with Crippen molar-refractivity contribution in [1.29, 1.82) is 0 Å². The number of carbonyl (C=O) groups excluding carboxylic acids is 1. The van der Waals surface area contributed by atoms with Crippen molar-refractivity contribution < 1.29 is 9.53 Å². The first kappa shape index (κ1) is 18.8. The van der Waals surface area contributed by atoms with E-state index in [1.807, 2.05) is 31.2 Å². The molecule has 1 aromatic rings. The van der Waals surface area contributed by atoms with Gasteiger partial charge in [-0.05, 0) is 30.5 Å². The first-order chi connectivity index (χ1) is 11.0. The van der Waals surface area contributed by atoms with E-state index >= 15 is 0 Å². The predicted octanol–water partition coefficient (Wildman–Crippen LogP) is 1.52. The fourth-order valence-corrected chi connectivity index (χ4v) is 1.92. The second-order valence-electron chi connectivity index (χ2n) is 5.29. The highest BCUT2D eigenvalue weighted by atomic mass is 16.5. The lowest BCUT2D eigenvalue weighted by Gasteiger charge is -2.15. The Morgan fingerprint density at radius 1 is 1.30 bits per heavy atom. The molecule has 5 N–H and O–H groups in total. The molecule has 0 aliphatic carbocycles. The number of nitrogens with one attached hydrogen (secondary N) is 1. The summed E-state index contributed by atoms with van der Waals surface area (Å²) < 4.78 is 5.61. The number of benzene rings is 1. The van der Waals surface area contributed by atoms with Gasteiger partial charge in [-0.25, -0.2) is 5.84 Å². The van der Waals surface area contributed by atoms with Gasteiger partial charge in [0.25, 0.3) is 0 Å². The van der Waals surface area contributed by atoms with Crippen LogP contribution in [-0.4, -0.2) is 30.6 Å². The summed E-state index contributed by atoms with van der Waals surface area (Å²) >= 11 is 0. The summed E-state index contributed by atoms with van der Waals surface area (Å²) in [6.45, 7) is 5.43. The first-order valence-electron chi connectivity index (χ1n) is 8.01. The van der Waals surface area contributed by atoms with Gasteiger partial charge in [-0.15, -0.1) is 0 Å². The summed E-state index contributed by atoms with van der Waals surface area (Å²) in [5, 5.41) is 4.31. The van der Waals surface area contributed by atoms with Crippen LogP contribution in [0.5, 0.6) is 5.75 Å². The van der Waals surface area contributed by atoms with Gasteiger partial charge in [-0.2, -0.15) is 0 Å². The minimum absolute atomic E-state index is 0.0473. The highest BCUT2D eigenvalue weighted by molar-refractivity contribution is 5.75. The third-order valence-electron chi connectivity index (χ3n) is 3.31. The molecule has 0 fully saturated rings. The van der Waals surface area contributed by atoms with Gasteiger partial charge < -0.3 is 20.8 Å². The van der Waals surface area contributed by atoms with Crippen LogP contribution >= 0.6 is 0 Å². The maximum absolute atomic E-state index is 11.1. The molecule has 6 heteroatoms. The van der Waals surface area contributed by atoms with Crippen molar-refractivity contribution in [1.82, 2.24) is 10.3 Å². The molecule has 1 amide bonds. The number of carbonyl (C=O) groups is 1. The molecule has 1 rings (SSSR count). The van der Waals surface area contributed by atoms with E-state index in [1.165, 1.54) is 10.6 Å². The Kier molecular flexibility index (Phi) is 8.60. The molecule has 0 saturated carbocycles. The van der Waals surface area contributed by atoms with Crippen LogP contribution in [0.1, 0.15) is 32.3 Å². The number of hydrogen-bond donors (Lipinski definition) is 3. The minimum Gasteiger partial charge on any atom is -0.487 e. The zero-order chi connectivity index (χ0) is 17.1. The number of amides is 1. The average molecular weight is 320 g/mol. The second kappa shape index (κ2) is 10.5. The number of hydrazine groups is 1. The van der Waals surface area contributed by atoms with Crippen LogP contribution in [0, 0.1) is 0 Å². The van der Waals surface area contributed by atoms with Crippen LogP contribution in [0.2, 0.25) is 0 Å². The van der Waals surface area contributed by atoms with Gasteiger partial charge in [-0.1, -0.05) is 26.0 Å². The topological polar surface area (TPSA) is 93.6 Å². The fraction of sp³-hybridized carbons (Fsp3) is 0.471. The quantitative estimate of drug-likeness (QED) is 0.345. The summed E-state index contributed by atoms with van der Waals surface area (Å²) in [7, 11) is 0. The third kappa shape index (κ3) is 8.11. The summed E-state index contributed by atoms with van der Waals surface area (Å²) in [4.78, 5) is 11.1. The van der Waals surface area contributed by atoms with Crippen LogP contribution in [0.4, 0.5) is 0 Å². The molecule has 6 nitrogen and oxygen atoms in total. The Balaban J connectivity index is 2.27. The van der Waals surface area contributed by atoms with Crippen molar-refractivity contribution >= 4 is 5.91 Å². The second-order valence-corrected chi connectivity index (χ2v) is 5.29. The van der Waals surface area contributed by atoms with E-state index in [2.05, 4.69) is 12.2 Å². The Hall–Kier alpha value is -2.21. The molecule has 0 aliphatic heterocycles. The van der Waals surface area contributed by atoms with Gasteiger partial charge >= 0.3 is 0 Å². The summed E-state index contributed by atoms with van der Waals surface area (Å²) in [5.74, 6) is 6.67. The molecule has 1 aromatic carbocycles. The van der Waals surface area contributed by atoms with E-state index in [1.54, 1.807) is 6.20 Å². The lowest BCUT2D eigenvalue weighted by atomic mass is 10.2. The lowest BCUT2D eigenvalue weighted by Crippen LogP contribution is -2.31. The van der Waals surface area contributed by atoms with E-state index in [4.69, 9.17) is 16.3 Å². The van der Waals surface area contributed by atoms with E-state index in [9.17, 15) is 4.79 Å². The van der Waals surface area contributed by atoms with Gasteiger partial charge in [0, 0.05) is 25.7 Å². The molecule has 0 saturated heterocycles. The van der Waals surface area contributed by atoms with Crippen molar-refractivity contribution in [2.45, 2.75) is 33.1 Å². The molecule has 0 bridgehead atoms. The van der Waals surface area contributed by atoms with Crippen LogP contribution in [0.3, 0.4) is 0 Å². The molecule has 0 aliphatic rings. The number of ether oxygens (including phenoxy) is 1. The molecule has 0 radical (unpaired) electrons. The van der Waals surface area contributed by atoms with E-state index in [0.29, 0.717) is 25.2 Å². The highest BCUT2D eigenvalue weighted by Crippen LogP contribution is 2.12. The molecule has 23 heavy (non-hydrogen) atoms. The van der Waals surface area contributed by atoms with Crippen molar-refractivity contribution in [2.24, 2.45) is 11.6 Å². The number of rotatable bonds is 10. The largest absolute Gasteiger partial charge is 0.487 e. The Labute approximate surface area is 138 Å². The Morgan fingerprint density at radius 2 is 2.00 bits per heavy atom. The summed E-state index contributed by atoms with van der Waals surface area (Å²) in [5.41, 5.74) is 7.71. The average Bonchev–Trinajstić information content (AvgIpc) is 2.57. The van der Waals surface area contributed by atoms with Gasteiger partial charge in [-0.3, -0.25) is 4.79 Å². The molecule has 128 valence electrons. The van der Waals surface area contributed by atoms with Crippen LogP contribution in [-0.2, 0) is 11.2 Å². The maximum Gasteiger partial charge on any atom is 0.219 e. The number of nitrogens with two attached hydrogens (primary N) is 2. The standard InChI is InChI=1S/C17H28N4O2/c1-3-14-6-8-16(9-7-14)23-13-15(18)12-21(19)11-5-10-20-17(22)4-2/h6-9,12H,3-5,10-11,13,18-19H2,1-2H3,(H,20,22)/b15-12-. The number of aryl methyl sites for hydroxylation is 1. The van der Waals surface area contributed by atoms with Crippen molar-refractivity contribution in [3.63, 3.8) is 0 Å². The zero-order valence-corrected chi connectivity index (χ0v) is 14.0. The van der Waals surface area contributed by atoms with Gasteiger partial charge in [0.2, 0.25) is 5.91 Å². The minimum atomic E-state index is 0.0473. The SMILES string of the molecule is CCC(=O)NCCCN(N)/C=C(\N)COc1ccc(CC)cc1. The molecular formula is C17H28N4O2. The molecule has 0 aromatic heterocycles. The first-order valence-corrected chi connectivity index (χ1v) is 8.01. The van der Waals surface area contributed by atoms with E-state index < -0.39 is 0 Å². The lowest BCUT2D eigenvalue weighted by molar-refractivity contribution is -0.120. The van der Waals surface area contributed by atoms with Gasteiger partial charge in [0.05, 0.1) is 5.70 Å². The van der Waals surface area contributed by atoms with E-state index in [0.717, 1.165) is 18.6 Å². The Morgan fingerprint density at radius 3 is 2.61 bits per heavy atom. The van der Waals surface area contributed by atoms with Crippen LogP contribution in [0.15, 0.2) is 36.2 Å². The fourth-order valence-electron chi connectivity index (χ4n) is 1.92. The van der Waals surface area contributed by atoms with E-state index in [-0.39, 0.29) is 12.5 Å². The van der Waals surface area contributed by atoms with Crippen molar-refractivity contribution in [2.75, 3.05) is 19.7 Å². The van der Waals surface area contributed by atoms with Gasteiger partial charge in [0.1, 0.15) is 12.4 Å². The normalized spacial score (nSPS) is 11.2. The van der Waals surface area contributed by atoms with Crippen LogP contribution < -0.4 is 21.6 Å². The monoisotopic (exact) mass is 320 g/mol. The van der Waals surface area contributed by atoms with Crippen molar-refractivity contribution in [3.05, 3.63) is 41.7 Å². The molecule has 0 unspecified atom stereocenters. The summed E-state index contributed by atoms with van der Waals surface area (Å²) in [6, 6.07) is 7.94. The zero-order valence-electron chi connectivity index (χ0n) is 14.0. The molecule has 0 heterocycles. The highest BCUT2D eigenvalue weighted by Gasteiger charge is 2.00. The van der Waals surface area contributed by atoms with Crippen LogP contribution in [0.25, 0.3) is 0 Å². The van der Waals surface area contributed by atoms with Gasteiger partial charge in [0.15, 0.2) is 0 Å². The molecular weight excluding hydrogens is 292 g/mol.